The first-order chi connectivity index (χ1) is 7.92. The fourth-order valence-corrected chi connectivity index (χ4v) is 2.45. The van der Waals surface area contributed by atoms with Crippen molar-refractivity contribution in [2.75, 3.05) is 12.9 Å². The van der Waals surface area contributed by atoms with Gasteiger partial charge in [0.25, 0.3) is 0 Å². The van der Waals surface area contributed by atoms with Gasteiger partial charge in [0.05, 0.1) is 7.11 Å². The van der Waals surface area contributed by atoms with Gasteiger partial charge < -0.3 is 4.74 Å². The number of Topliss-reactive ketones (excluding diaryl/α,β-unsaturated/α-hetero) is 1. The summed E-state index contributed by atoms with van der Waals surface area (Å²) in [7, 11) is -2.07. The second-order valence-electron chi connectivity index (χ2n) is 3.36. The van der Waals surface area contributed by atoms with E-state index in [9.17, 15) is 13.2 Å². The van der Waals surface area contributed by atoms with Crippen LogP contribution in [0.15, 0.2) is 24.3 Å². The quantitative estimate of drug-likeness (QED) is 0.608. The molecule has 1 rings (SSSR count). The zero-order chi connectivity index (χ0) is 13.1. The Balaban J connectivity index is 2.97. The van der Waals surface area contributed by atoms with Crippen LogP contribution in [0, 0.1) is 0 Å². The molecule has 1 aromatic rings. The molecule has 0 saturated heterocycles. The van der Waals surface area contributed by atoms with Crippen LogP contribution in [-0.2, 0) is 9.84 Å². The van der Waals surface area contributed by atoms with Gasteiger partial charge in [0.2, 0.25) is 0 Å². The fraction of sp³-hybridized carbons (Fsp3) is 0.364. The van der Waals surface area contributed by atoms with E-state index in [2.05, 4.69) is 0 Å². The molecule has 0 fully saturated rings. The normalized spacial score (nSPS) is 13.1. The van der Waals surface area contributed by atoms with E-state index in [4.69, 9.17) is 16.3 Å². The molecule has 1 atom stereocenters. The minimum absolute atomic E-state index is 0.164. The predicted octanol–water partition coefficient (Wildman–Crippen LogP) is 1.88. The average molecular weight is 277 g/mol. The Kier molecular flexibility index (Phi) is 4.54. The van der Waals surface area contributed by atoms with E-state index in [1.54, 1.807) is 12.1 Å². The van der Waals surface area contributed by atoms with Gasteiger partial charge in [-0.3, -0.25) is 4.79 Å². The van der Waals surface area contributed by atoms with Crippen molar-refractivity contribution < 1.29 is 17.9 Å². The number of benzene rings is 1. The molecule has 0 aromatic heterocycles. The minimum atomic E-state index is -3.58. The summed E-state index contributed by atoms with van der Waals surface area (Å²) in [5, 5.41) is 0. The highest BCUT2D eigenvalue weighted by molar-refractivity contribution is 7.94. The molecule has 6 heteroatoms. The van der Waals surface area contributed by atoms with E-state index < -0.39 is 20.3 Å². The van der Waals surface area contributed by atoms with Crippen molar-refractivity contribution in [3.8, 4) is 5.75 Å². The summed E-state index contributed by atoms with van der Waals surface area (Å²) in [4.78, 5) is 11.8. The molecular formula is C11H13ClO4S. The topological polar surface area (TPSA) is 60.4 Å². The summed E-state index contributed by atoms with van der Waals surface area (Å²) in [5.74, 6) is -0.189. The smallest absolute Gasteiger partial charge is 0.197 e. The minimum Gasteiger partial charge on any atom is -0.497 e. The highest BCUT2D eigenvalue weighted by Gasteiger charge is 2.29. The molecule has 17 heavy (non-hydrogen) atoms. The highest BCUT2D eigenvalue weighted by atomic mass is 35.5. The molecule has 0 aliphatic heterocycles. The van der Waals surface area contributed by atoms with Crippen LogP contribution in [0.25, 0.3) is 0 Å². The van der Waals surface area contributed by atoms with E-state index in [1.165, 1.54) is 26.2 Å². The summed E-state index contributed by atoms with van der Waals surface area (Å²) in [6.07, 6.45) is 0. The number of halogens is 1. The third-order valence-corrected chi connectivity index (χ3v) is 4.96. The van der Waals surface area contributed by atoms with E-state index in [1.807, 2.05) is 0 Å². The van der Waals surface area contributed by atoms with Crippen molar-refractivity contribution in [2.45, 2.75) is 11.6 Å². The Bertz CT molecular complexity index is 493. The summed E-state index contributed by atoms with van der Waals surface area (Å²) < 4.78 is 26.3. The van der Waals surface area contributed by atoms with Crippen molar-refractivity contribution in [3.63, 3.8) is 0 Å². The second kappa shape index (κ2) is 5.51. The molecule has 0 saturated carbocycles. The van der Waals surface area contributed by atoms with Gasteiger partial charge in [0, 0.05) is 11.3 Å². The lowest BCUT2D eigenvalue weighted by atomic mass is 10.1. The predicted molar refractivity (Wildman–Crippen MR) is 66.4 cm³/mol. The molecule has 0 aliphatic carbocycles. The van der Waals surface area contributed by atoms with Crippen LogP contribution in [0.1, 0.15) is 17.3 Å². The molecule has 1 aromatic carbocycles. The molecule has 0 aliphatic rings. The summed E-state index contributed by atoms with van der Waals surface area (Å²) >= 11 is 5.66. The lowest BCUT2D eigenvalue weighted by Gasteiger charge is -2.08. The van der Waals surface area contributed by atoms with E-state index in [0.29, 0.717) is 5.75 Å². The van der Waals surface area contributed by atoms with Gasteiger partial charge in [-0.2, -0.15) is 0 Å². The van der Waals surface area contributed by atoms with Gasteiger partial charge in [-0.15, -0.1) is 0 Å². The molecule has 94 valence electrons. The maximum atomic E-state index is 11.8. The zero-order valence-corrected chi connectivity index (χ0v) is 11.1. The SMILES string of the molecule is CCS(=O)(=O)C(Cl)C(=O)c1ccc(OC)cc1. The Morgan fingerprint density at radius 1 is 1.35 bits per heavy atom. The molecule has 0 heterocycles. The van der Waals surface area contributed by atoms with Gasteiger partial charge in [0.1, 0.15) is 5.75 Å². The van der Waals surface area contributed by atoms with Crippen LogP contribution >= 0.6 is 11.6 Å². The van der Waals surface area contributed by atoms with Crippen LogP contribution < -0.4 is 4.74 Å². The van der Waals surface area contributed by atoms with Gasteiger partial charge in [-0.05, 0) is 24.3 Å². The van der Waals surface area contributed by atoms with Crippen molar-refractivity contribution >= 4 is 27.2 Å². The molecule has 0 spiro atoms. The molecule has 0 bridgehead atoms. The first-order valence-electron chi connectivity index (χ1n) is 4.96. The maximum absolute atomic E-state index is 11.8. The Labute approximate surface area is 105 Å². The number of hydrogen-bond acceptors (Lipinski definition) is 4. The molecule has 1 unspecified atom stereocenters. The van der Waals surface area contributed by atoms with Crippen molar-refractivity contribution in [1.29, 1.82) is 0 Å². The molecular weight excluding hydrogens is 264 g/mol. The molecule has 4 nitrogen and oxygen atoms in total. The molecule has 0 radical (unpaired) electrons. The van der Waals surface area contributed by atoms with Crippen LogP contribution in [0.4, 0.5) is 0 Å². The van der Waals surface area contributed by atoms with Crippen LogP contribution in [-0.4, -0.2) is 31.8 Å². The number of ether oxygens (including phenoxy) is 1. The average Bonchev–Trinajstić information content (AvgIpc) is 2.37. The summed E-state index contributed by atoms with van der Waals surface area (Å²) in [5.41, 5.74) is 0.253. The standard InChI is InChI=1S/C11H13ClO4S/c1-3-17(14,15)11(12)10(13)8-4-6-9(16-2)7-5-8/h4-7,11H,3H2,1-2H3. The fourth-order valence-electron chi connectivity index (χ4n) is 1.20. The van der Waals surface area contributed by atoms with E-state index in [-0.39, 0.29) is 11.3 Å². The van der Waals surface area contributed by atoms with Gasteiger partial charge >= 0.3 is 0 Å². The van der Waals surface area contributed by atoms with Crippen molar-refractivity contribution in [3.05, 3.63) is 29.8 Å². The number of rotatable bonds is 5. The van der Waals surface area contributed by atoms with Gasteiger partial charge in [-0.1, -0.05) is 18.5 Å². The number of carbonyl (C=O) groups excluding carboxylic acids is 1. The van der Waals surface area contributed by atoms with Crippen molar-refractivity contribution in [1.82, 2.24) is 0 Å². The lowest BCUT2D eigenvalue weighted by molar-refractivity contribution is 0.101. The monoisotopic (exact) mass is 276 g/mol. The first kappa shape index (κ1) is 14.0. The molecule has 0 amide bonds. The van der Waals surface area contributed by atoms with E-state index >= 15 is 0 Å². The number of methoxy groups -OCH3 is 1. The van der Waals surface area contributed by atoms with Crippen LogP contribution in [0.3, 0.4) is 0 Å². The van der Waals surface area contributed by atoms with Gasteiger partial charge in [0.15, 0.2) is 20.3 Å². The lowest BCUT2D eigenvalue weighted by Crippen LogP contribution is -2.26. The van der Waals surface area contributed by atoms with E-state index in [0.717, 1.165) is 0 Å². The number of ketones is 1. The number of hydrogen-bond donors (Lipinski definition) is 0. The number of carbonyl (C=O) groups is 1. The number of sulfone groups is 1. The molecule has 0 N–H and O–H groups in total. The third-order valence-electron chi connectivity index (χ3n) is 2.30. The van der Waals surface area contributed by atoms with Crippen LogP contribution in [0.5, 0.6) is 5.75 Å². The number of alkyl halides is 1. The first-order valence-corrected chi connectivity index (χ1v) is 7.11. The Morgan fingerprint density at radius 3 is 2.29 bits per heavy atom. The summed E-state index contributed by atoms with van der Waals surface area (Å²) in [6, 6.07) is 6.13. The van der Waals surface area contributed by atoms with Crippen molar-refractivity contribution in [2.24, 2.45) is 0 Å². The maximum Gasteiger partial charge on any atom is 0.197 e. The second-order valence-corrected chi connectivity index (χ2v) is 6.43. The Hall–Kier alpha value is -1.07. The van der Waals surface area contributed by atoms with Crippen LogP contribution in [0.2, 0.25) is 0 Å². The largest absolute Gasteiger partial charge is 0.497 e. The Morgan fingerprint density at radius 2 is 1.88 bits per heavy atom. The van der Waals surface area contributed by atoms with Gasteiger partial charge in [-0.25, -0.2) is 8.42 Å². The third kappa shape index (κ3) is 3.20. The zero-order valence-electron chi connectivity index (χ0n) is 9.51. The summed E-state index contributed by atoms with van der Waals surface area (Å²) in [6.45, 7) is 1.45. The highest BCUT2D eigenvalue weighted by Crippen LogP contribution is 2.17.